The number of aliphatic carboxylic acids is 1. The van der Waals surface area contributed by atoms with Crippen molar-refractivity contribution in [2.75, 3.05) is 0 Å². The third kappa shape index (κ3) is 3.52. The molecule has 3 nitrogen and oxygen atoms in total. The Labute approximate surface area is 126 Å². The number of rotatable bonds is 5. The highest BCUT2D eigenvalue weighted by molar-refractivity contribution is 7.10. The molecule has 0 aliphatic carbocycles. The number of halogens is 1. The maximum absolute atomic E-state index is 11.0. The molecule has 0 amide bonds. The molecule has 2 rings (SSSR count). The van der Waals surface area contributed by atoms with Gasteiger partial charge >= 0.3 is 5.97 Å². The molecule has 20 heavy (non-hydrogen) atoms. The molecule has 0 saturated heterocycles. The van der Waals surface area contributed by atoms with Gasteiger partial charge < -0.3 is 9.84 Å². The van der Waals surface area contributed by atoms with E-state index in [-0.39, 0.29) is 6.42 Å². The van der Waals surface area contributed by atoms with Crippen LogP contribution < -0.4 is 4.74 Å². The minimum absolute atomic E-state index is 0.0600. The summed E-state index contributed by atoms with van der Waals surface area (Å²) < 4.78 is 5.83. The van der Waals surface area contributed by atoms with Gasteiger partial charge in [0.2, 0.25) is 0 Å². The fourth-order valence-corrected chi connectivity index (χ4v) is 3.03. The van der Waals surface area contributed by atoms with E-state index in [0.717, 1.165) is 4.88 Å². The lowest BCUT2D eigenvalue weighted by atomic mass is 9.87. The number of carbonyl (C=O) groups is 1. The Morgan fingerprint density at radius 2 is 1.95 bits per heavy atom. The van der Waals surface area contributed by atoms with Crippen molar-refractivity contribution in [1.29, 1.82) is 0 Å². The summed E-state index contributed by atoms with van der Waals surface area (Å²) in [6.07, 6.45) is 0.0600. The Balaban J connectivity index is 2.24. The third-order valence-corrected chi connectivity index (χ3v) is 4.39. The predicted octanol–water partition coefficient (Wildman–Crippen LogP) is 4.95. The molecule has 0 bridgehead atoms. The minimum Gasteiger partial charge on any atom is -0.481 e. The van der Waals surface area contributed by atoms with E-state index in [1.54, 1.807) is 24.3 Å². The third-order valence-electron chi connectivity index (χ3n) is 2.88. The zero-order valence-corrected chi connectivity index (χ0v) is 12.8. The first-order chi connectivity index (χ1) is 9.38. The van der Waals surface area contributed by atoms with Crippen molar-refractivity contribution in [3.05, 3.63) is 45.6 Å². The zero-order chi connectivity index (χ0) is 14.8. The van der Waals surface area contributed by atoms with E-state index in [0.29, 0.717) is 16.5 Å². The summed E-state index contributed by atoms with van der Waals surface area (Å²) in [5, 5.41) is 11.6. The second-order valence-electron chi connectivity index (χ2n) is 5.12. The molecular weight excluding hydrogens is 296 g/mol. The van der Waals surface area contributed by atoms with E-state index in [1.807, 2.05) is 25.3 Å². The zero-order valence-electron chi connectivity index (χ0n) is 11.2. The molecule has 1 aromatic heterocycles. The molecule has 1 aromatic carbocycles. The summed E-state index contributed by atoms with van der Waals surface area (Å²) in [4.78, 5) is 11.9. The molecule has 0 unspecified atom stereocenters. The van der Waals surface area contributed by atoms with Crippen LogP contribution in [0.15, 0.2) is 35.7 Å². The van der Waals surface area contributed by atoms with Gasteiger partial charge in [-0.1, -0.05) is 25.4 Å². The maximum atomic E-state index is 11.0. The number of ether oxygens (including phenoxy) is 1. The average Bonchev–Trinajstić information content (AvgIpc) is 2.79. The smallest absolute Gasteiger partial charge is 0.304 e. The van der Waals surface area contributed by atoms with E-state index >= 15 is 0 Å². The minimum atomic E-state index is -0.819. The van der Waals surface area contributed by atoms with Crippen molar-refractivity contribution in [1.82, 2.24) is 0 Å². The lowest BCUT2D eigenvalue weighted by Crippen LogP contribution is -2.20. The standard InChI is InChI=1S/C15H15ClO3S/c1-15(2,9-13(17)18)14-12(7-8-20-14)19-11-5-3-10(16)4-6-11/h3-8H,9H2,1-2H3,(H,17,18). The molecule has 0 fully saturated rings. The van der Waals surface area contributed by atoms with Crippen molar-refractivity contribution in [2.24, 2.45) is 0 Å². The van der Waals surface area contributed by atoms with Gasteiger partial charge in [0, 0.05) is 10.4 Å². The summed E-state index contributed by atoms with van der Waals surface area (Å²) in [6.45, 7) is 3.81. The van der Waals surface area contributed by atoms with Gasteiger partial charge in [-0.05, 0) is 35.7 Å². The van der Waals surface area contributed by atoms with Crippen LogP contribution >= 0.6 is 22.9 Å². The molecule has 2 aromatic rings. The van der Waals surface area contributed by atoms with Crippen LogP contribution in [0.25, 0.3) is 0 Å². The maximum Gasteiger partial charge on any atom is 0.304 e. The van der Waals surface area contributed by atoms with Gasteiger partial charge in [-0.3, -0.25) is 4.79 Å². The van der Waals surface area contributed by atoms with Crippen LogP contribution in [-0.2, 0) is 10.2 Å². The van der Waals surface area contributed by atoms with Crippen LogP contribution in [0.1, 0.15) is 25.1 Å². The van der Waals surface area contributed by atoms with Crippen molar-refractivity contribution >= 4 is 28.9 Å². The molecule has 0 saturated carbocycles. The van der Waals surface area contributed by atoms with Crippen LogP contribution in [0.2, 0.25) is 5.02 Å². The number of hydrogen-bond donors (Lipinski definition) is 1. The van der Waals surface area contributed by atoms with Gasteiger partial charge in [-0.15, -0.1) is 11.3 Å². The van der Waals surface area contributed by atoms with Crippen LogP contribution in [0.3, 0.4) is 0 Å². The molecule has 0 radical (unpaired) electrons. The number of hydrogen-bond acceptors (Lipinski definition) is 3. The van der Waals surface area contributed by atoms with Crippen molar-refractivity contribution < 1.29 is 14.6 Å². The summed E-state index contributed by atoms with van der Waals surface area (Å²) >= 11 is 7.34. The summed E-state index contributed by atoms with van der Waals surface area (Å²) in [6, 6.07) is 8.94. The van der Waals surface area contributed by atoms with E-state index in [4.69, 9.17) is 21.4 Å². The quantitative estimate of drug-likeness (QED) is 0.850. The molecule has 1 heterocycles. The van der Waals surface area contributed by atoms with E-state index in [2.05, 4.69) is 0 Å². The largest absolute Gasteiger partial charge is 0.481 e. The van der Waals surface area contributed by atoms with Gasteiger partial charge in [0.1, 0.15) is 11.5 Å². The van der Waals surface area contributed by atoms with Gasteiger partial charge in [0.25, 0.3) is 0 Å². The van der Waals surface area contributed by atoms with Gasteiger partial charge in [0.15, 0.2) is 0 Å². The van der Waals surface area contributed by atoms with Crippen LogP contribution in [0.5, 0.6) is 11.5 Å². The molecule has 5 heteroatoms. The highest BCUT2D eigenvalue weighted by atomic mass is 35.5. The number of benzene rings is 1. The molecule has 0 spiro atoms. The van der Waals surface area contributed by atoms with Crippen LogP contribution in [0.4, 0.5) is 0 Å². The Morgan fingerprint density at radius 1 is 1.30 bits per heavy atom. The summed E-state index contributed by atoms with van der Waals surface area (Å²) in [7, 11) is 0. The first kappa shape index (κ1) is 14.9. The average molecular weight is 311 g/mol. The summed E-state index contributed by atoms with van der Waals surface area (Å²) in [5.74, 6) is 0.560. The first-order valence-electron chi connectivity index (χ1n) is 6.12. The second kappa shape index (κ2) is 5.85. The highest BCUT2D eigenvalue weighted by Crippen LogP contribution is 2.40. The topological polar surface area (TPSA) is 46.5 Å². The molecule has 0 atom stereocenters. The lowest BCUT2D eigenvalue weighted by molar-refractivity contribution is -0.138. The normalized spacial score (nSPS) is 11.3. The molecule has 1 N–H and O–H groups in total. The molecule has 106 valence electrons. The van der Waals surface area contributed by atoms with Crippen LogP contribution in [0, 0.1) is 0 Å². The monoisotopic (exact) mass is 310 g/mol. The Kier molecular flexibility index (Phi) is 4.35. The molecule has 0 aliphatic heterocycles. The number of thiophene rings is 1. The molecular formula is C15H15ClO3S. The van der Waals surface area contributed by atoms with Gasteiger partial charge in [-0.25, -0.2) is 0 Å². The Hall–Kier alpha value is -1.52. The van der Waals surface area contributed by atoms with Gasteiger partial charge in [0.05, 0.1) is 11.3 Å². The summed E-state index contributed by atoms with van der Waals surface area (Å²) in [5.41, 5.74) is -0.470. The lowest BCUT2D eigenvalue weighted by Gasteiger charge is -2.22. The SMILES string of the molecule is CC(C)(CC(=O)O)c1sccc1Oc1ccc(Cl)cc1. The van der Waals surface area contributed by atoms with Crippen molar-refractivity contribution in [3.63, 3.8) is 0 Å². The molecule has 0 aliphatic rings. The second-order valence-corrected chi connectivity index (χ2v) is 6.48. The Morgan fingerprint density at radius 3 is 2.55 bits per heavy atom. The fraction of sp³-hybridized carbons (Fsp3) is 0.267. The fourth-order valence-electron chi connectivity index (χ4n) is 1.96. The first-order valence-corrected chi connectivity index (χ1v) is 7.37. The van der Waals surface area contributed by atoms with Crippen LogP contribution in [-0.4, -0.2) is 11.1 Å². The Bertz CT molecular complexity index is 602. The number of carboxylic acids is 1. The van der Waals surface area contributed by atoms with E-state index < -0.39 is 11.4 Å². The number of carboxylic acid groups (broad SMARTS) is 1. The van der Waals surface area contributed by atoms with E-state index in [9.17, 15) is 4.79 Å². The van der Waals surface area contributed by atoms with E-state index in [1.165, 1.54) is 11.3 Å². The van der Waals surface area contributed by atoms with Crippen molar-refractivity contribution in [2.45, 2.75) is 25.7 Å². The van der Waals surface area contributed by atoms with Gasteiger partial charge in [-0.2, -0.15) is 0 Å². The van der Waals surface area contributed by atoms with Crippen molar-refractivity contribution in [3.8, 4) is 11.5 Å². The predicted molar refractivity (Wildman–Crippen MR) is 81.1 cm³/mol. The highest BCUT2D eigenvalue weighted by Gasteiger charge is 2.29.